The van der Waals surface area contributed by atoms with Gasteiger partial charge in [0.1, 0.15) is 0 Å². The molecule has 2 N–H and O–H groups in total. The maximum absolute atomic E-state index is 6.16. The van der Waals surface area contributed by atoms with Crippen LogP contribution in [0.15, 0.2) is 0 Å². The molecule has 2 aliphatic heterocycles. The van der Waals surface area contributed by atoms with E-state index < -0.39 is 0 Å². The largest absolute Gasteiger partial charge is 0.377 e. The molecule has 1 spiro atoms. The molecular formula is C16H30N2O2. The number of likely N-dealkylation sites (tertiary alicyclic amines) is 1. The van der Waals surface area contributed by atoms with Gasteiger partial charge in [0, 0.05) is 32.3 Å². The molecule has 2 saturated heterocycles. The molecule has 0 aromatic heterocycles. The maximum atomic E-state index is 6.16. The van der Waals surface area contributed by atoms with E-state index in [1.165, 1.54) is 64.5 Å². The third kappa shape index (κ3) is 3.35. The fourth-order valence-corrected chi connectivity index (χ4v) is 4.32. The van der Waals surface area contributed by atoms with Crippen molar-refractivity contribution in [3.63, 3.8) is 0 Å². The van der Waals surface area contributed by atoms with Gasteiger partial charge in [0.05, 0.1) is 18.3 Å². The number of rotatable bonds is 4. The Morgan fingerprint density at radius 3 is 2.60 bits per heavy atom. The summed E-state index contributed by atoms with van der Waals surface area (Å²) in [4.78, 5) is 2.70. The zero-order valence-electron chi connectivity index (χ0n) is 12.7. The Kier molecular flexibility index (Phi) is 4.97. The lowest BCUT2D eigenvalue weighted by atomic mass is 9.87. The number of piperidine rings is 1. The van der Waals surface area contributed by atoms with Crippen LogP contribution in [0.2, 0.25) is 0 Å². The Bertz CT molecular complexity index is 297. The topological polar surface area (TPSA) is 47.7 Å². The fraction of sp³-hybridized carbons (Fsp3) is 1.00. The summed E-state index contributed by atoms with van der Waals surface area (Å²) < 4.78 is 11.9. The zero-order chi connectivity index (χ0) is 13.8. The standard InChI is InChI=1S/C16H30N2O2/c17-8-12-19-15-3-9-18(10-4-15)14-5-11-20-16(13-14)6-1-2-7-16/h14-15H,1-13,17H2. The molecule has 2 heterocycles. The second kappa shape index (κ2) is 6.73. The van der Waals surface area contributed by atoms with E-state index in [0.717, 1.165) is 12.6 Å². The van der Waals surface area contributed by atoms with Crippen molar-refractivity contribution in [3.8, 4) is 0 Å². The molecule has 20 heavy (non-hydrogen) atoms. The summed E-state index contributed by atoms with van der Waals surface area (Å²) in [5.41, 5.74) is 5.75. The highest BCUT2D eigenvalue weighted by Crippen LogP contribution is 2.41. The van der Waals surface area contributed by atoms with Gasteiger partial charge in [-0.05, 0) is 38.5 Å². The van der Waals surface area contributed by atoms with E-state index in [4.69, 9.17) is 15.2 Å². The van der Waals surface area contributed by atoms with Crippen molar-refractivity contribution in [1.29, 1.82) is 0 Å². The minimum absolute atomic E-state index is 0.246. The molecule has 1 atom stereocenters. The average Bonchev–Trinajstić information content (AvgIpc) is 2.93. The second-order valence-electron chi connectivity index (χ2n) is 6.78. The predicted octanol–water partition coefficient (Wildman–Crippen LogP) is 1.92. The van der Waals surface area contributed by atoms with E-state index in [-0.39, 0.29) is 5.60 Å². The van der Waals surface area contributed by atoms with E-state index >= 15 is 0 Å². The van der Waals surface area contributed by atoms with Gasteiger partial charge in [-0.2, -0.15) is 0 Å². The van der Waals surface area contributed by atoms with Gasteiger partial charge in [-0.15, -0.1) is 0 Å². The normalized spacial score (nSPS) is 31.9. The molecule has 0 radical (unpaired) electrons. The van der Waals surface area contributed by atoms with E-state index in [1.54, 1.807) is 0 Å². The van der Waals surface area contributed by atoms with Gasteiger partial charge in [-0.25, -0.2) is 0 Å². The van der Waals surface area contributed by atoms with Crippen LogP contribution in [-0.2, 0) is 9.47 Å². The Labute approximate surface area is 123 Å². The Balaban J connectivity index is 1.48. The molecule has 3 rings (SSSR count). The van der Waals surface area contributed by atoms with Gasteiger partial charge in [-0.3, -0.25) is 4.90 Å². The second-order valence-corrected chi connectivity index (χ2v) is 6.78. The monoisotopic (exact) mass is 282 g/mol. The van der Waals surface area contributed by atoms with Crippen LogP contribution in [0.5, 0.6) is 0 Å². The summed E-state index contributed by atoms with van der Waals surface area (Å²) in [6.45, 7) is 4.70. The molecule has 3 fully saturated rings. The van der Waals surface area contributed by atoms with Crippen LogP contribution in [0.25, 0.3) is 0 Å². The van der Waals surface area contributed by atoms with Gasteiger partial charge in [0.15, 0.2) is 0 Å². The molecule has 1 saturated carbocycles. The third-order valence-electron chi connectivity index (χ3n) is 5.45. The number of nitrogens with two attached hydrogens (primary N) is 1. The van der Waals surface area contributed by atoms with Crippen molar-refractivity contribution >= 4 is 0 Å². The summed E-state index contributed by atoms with van der Waals surface area (Å²) in [5, 5.41) is 0. The summed E-state index contributed by atoms with van der Waals surface area (Å²) in [5.74, 6) is 0. The van der Waals surface area contributed by atoms with Gasteiger partial charge < -0.3 is 15.2 Å². The van der Waals surface area contributed by atoms with Gasteiger partial charge in [-0.1, -0.05) is 12.8 Å². The first-order valence-corrected chi connectivity index (χ1v) is 8.51. The maximum Gasteiger partial charge on any atom is 0.0697 e. The molecule has 4 heteroatoms. The Morgan fingerprint density at radius 2 is 1.90 bits per heavy atom. The van der Waals surface area contributed by atoms with Crippen LogP contribution in [0.4, 0.5) is 0 Å². The van der Waals surface area contributed by atoms with Crippen molar-refractivity contribution < 1.29 is 9.47 Å². The van der Waals surface area contributed by atoms with Crippen LogP contribution >= 0.6 is 0 Å². The molecule has 4 nitrogen and oxygen atoms in total. The Morgan fingerprint density at radius 1 is 1.15 bits per heavy atom. The molecule has 0 aromatic carbocycles. The quantitative estimate of drug-likeness (QED) is 0.856. The van der Waals surface area contributed by atoms with Gasteiger partial charge in [0.2, 0.25) is 0 Å². The van der Waals surface area contributed by atoms with Gasteiger partial charge in [0.25, 0.3) is 0 Å². The summed E-state index contributed by atoms with van der Waals surface area (Å²) in [6, 6.07) is 0.748. The molecule has 0 amide bonds. The number of nitrogens with zero attached hydrogens (tertiary/aromatic N) is 1. The van der Waals surface area contributed by atoms with Crippen LogP contribution < -0.4 is 5.73 Å². The third-order valence-corrected chi connectivity index (χ3v) is 5.45. The number of ether oxygens (including phenoxy) is 2. The molecule has 116 valence electrons. The first-order chi connectivity index (χ1) is 9.81. The minimum atomic E-state index is 0.246. The van der Waals surface area contributed by atoms with Crippen molar-refractivity contribution in [2.45, 2.75) is 69.1 Å². The van der Waals surface area contributed by atoms with Crippen molar-refractivity contribution in [2.75, 3.05) is 32.8 Å². The summed E-state index contributed by atoms with van der Waals surface area (Å²) in [6.07, 6.45) is 10.6. The molecular weight excluding hydrogens is 252 g/mol. The minimum Gasteiger partial charge on any atom is -0.377 e. The number of hydrogen-bond donors (Lipinski definition) is 1. The summed E-state index contributed by atoms with van der Waals surface area (Å²) in [7, 11) is 0. The van der Waals surface area contributed by atoms with Crippen LogP contribution in [0.1, 0.15) is 51.4 Å². The summed E-state index contributed by atoms with van der Waals surface area (Å²) >= 11 is 0. The lowest BCUT2D eigenvalue weighted by Crippen LogP contribution is -2.50. The predicted molar refractivity (Wildman–Crippen MR) is 79.8 cm³/mol. The molecule has 3 aliphatic rings. The molecule has 1 aliphatic carbocycles. The highest BCUT2D eigenvalue weighted by Gasteiger charge is 2.41. The molecule has 1 unspecified atom stereocenters. The van der Waals surface area contributed by atoms with Gasteiger partial charge >= 0.3 is 0 Å². The lowest BCUT2D eigenvalue weighted by molar-refractivity contribution is -0.108. The zero-order valence-corrected chi connectivity index (χ0v) is 12.7. The van der Waals surface area contributed by atoms with Crippen molar-refractivity contribution in [2.24, 2.45) is 5.73 Å². The van der Waals surface area contributed by atoms with E-state index in [2.05, 4.69) is 4.90 Å². The highest BCUT2D eigenvalue weighted by molar-refractivity contribution is 4.95. The lowest BCUT2D eigenvalue weighted by Gasteiger charge is -2.45. The molecule has 0 aromatic rings. The van der Waals surface area contributed by atoms with Crippen LogP contribution in [0.3, 0.4) is 0 Å². The number of hydrogen-bond acceptors (Lipinski definition) is 4. The van der Waals surface area contributed by atoms with Crippen LogP contribution in [-0.4, -0.2) is 55.5 Å². The highest BCUT2D eigenvalue weighted by atomic mass is 16.5. The van der Waals surface area contributed by atoms with E-state index in [1.807, 2.05) is 0 Å². The average molecular weight is 282 g/mol. The fourth-order valence-electron chi connectivity index (χ4n) is 4.32. The van der Waals surface area contributed by atoms with Crippen molar-refractivity contribution in [1.82, 2.24) is 4.90 Å². The smallest absolute Gasteiger partial charge is 0.0697 e. The van der Waals surface area contributed by atoms with Crippen LogP contribution in [0, 0.1) is 0 Å². The SMILES string of the molecule is NCCOC1CCN(C2CCOC3(CCCC3)C2)CC1. The Hall–Kier alpha value is -0.160. The van der Waals surface area contributed by atoms with Crippen molar-refractivity contribution in [3.05, 3.63) is 0 Å². The molecule has 0 bridgehead atoms. The first kappa shape index (κ1) is 14.8. The van der Waals surface area contributed by atoms with E-state index in [9.17, 15) is 0 Å². The first-order valence-electron chi connectivity index (χ1n) is 8.51. The van der Waals surface area contributed by atoms with E-state index in [0.29, 0.717) is 19.3 Å².